The Morgan fingerprint density at radius 1 is 0.500 bits per heavy atom. The standard InChI is InChI=1S/C26H18O4/c27-22-12-16-24(17-13-22)30-23-14-10-21(11-15-23)26(29)20-8-6-19(7-9-20)25(28)18-4-2-1-3-5-18/h1-17,27H. The van der Waals surface area contributed by atoms with Crippen LogP contribution in [0.15, 0.2) is 103 Å². The van der Waals surface area contributed by atoms with Crippen molar-refractivity contribution < 1.29 is 19.4 Å². The number of ether oxygens (including phenoxy) is 1. The van der Waals surface area contributed by atoms with Crippen LogP contribution >= 0.6 is 0 Å². The molecule has 4 aromatic carbocycles. The molecular weight excluding hydrogens is 376 g/mol. The SMILES string of the molecule is O=C(c1ccccc1)c1ccc(C(=O)c2ccc(Oc3ccc(O)cc3)cc2)cc1. The molecule has 0 atom stereocenters. The van der Waals surface area contributed by atoms with E-state index in [1.54, 1.807) is 84.9 Å². The Balaban J connectivity index is 1.46. The van der Waals surface area contributed by atoms with Crippen LogP contribution in [0.1, 0.15) is 31.8 Å². The number of carbonyl (C=O) groups excluding carboxylic acids is 2. The number of rotatable bonds is 6. The highest BCUT2D eigenvalue weighted by Crippen LogP contribution is 2.24. The predicted octanol–water partition coefficient (Wildman–Crippen LogP) is 5.65. The van der Waals surface area contributed by atoms with E-state index in [0.29, 0.717) is 33.8 Å². The first-order chi connectivity index (χ1) is 14.6. The van der Waals surface area contributed by atoms with Gasteiger partial charge in [-0.05, 0) is 48.5 Å². The molecule has 0 spiro atoms. The van der Waals surface area contributed by atoms with Gasteiger partial charge in [-0.3, -0.25) is 9.59 Å². The number of benzene rings is 4. The second-order valence-electron chi connectivity index (χ2n) is 6.72. The summed E-state index contributed by atoms with van der Waals surface area (Å²) in [5.74, 6) is 1.13. The third-order valence-electron chi connectivity index (χ3n) is 4.63. The lowest BCUT2D eigenvalue weighted by Crippen LogP contribution is -2.04. The summed E-state index contributed by atoms with van der Waals surface area (Å²) in [5.41, 5.74) is 2.18. The Hall–Kier alpha value is -4.18. The van der Waals surface area contributed by atoms with Gasteiger partial charge in [0.2, 0.25) is 0 Å². The molecule has 0 fully saturated rings. The number of hydrogen-bond acceptors (Lipinski definition) is 4. The van der Waals surface area contributed by atoms with Crippen molar-refractivity contribution in [2.24, 2.45) is 0 Å². The molecule has 0 amide bonds. The van der Waals surface area contributed by atoms with Gasteiger partial charge in [0.15, 0.2) is 11.6 Å². The van der Waals surface area contributed by atoms with Gasteiger partial charge in [-0.2, -0.15) is 0 Å². The van der Waals surface area contributed by atoms with Crippen LogP contribution in [0, 0.1) is 0 Å². The van der Waals surface area contributed by atoms with Crippen LogP contribution in [-0.4, -0.2) is 16.7 Å². The molecule has 0 bridgehead atoms. The van der Waals surface area contributed by atoms with E-state index in [0.717, 1.165) is 0 Å². The highest BCUT2D eigenvalue weighted by Gasteiger charge is 2.12. The van der Waals surface area contributed by atoms with Crippen molar-refractivity contribution in [2.75, 3.05) is 0 Å². The largest absolute Gasteiger partial charge is 0.508 e. The molecule has 4 rings (SSSR count). The molecule has 1 N–H and O–H groups in total. The number of phenolic OH excluding ortho intramolecular Hbond substituents is 1. The van der Waals surface area contributed by atoms with Crippen molar-refractivity contribution in [2.45, 2.75) is 0 Å². The zero-order valence-corrected chi connectivity index (χ0v) is 16.0. The molecule has 0 aromatic heterocycles. The quantitative estimate of drug-likeness (QED) is 0.430. The predicted molar refractivity (Wildman–Crippen MR) is 114 cm³/mol. The molecule has 4 heteroatoms. The maximum Gasteiger partial charge on any atom is 0.193 e. The van der Waals surface area contributed by atoms with Gasteiger partial charge in [-0.15, -0.1) is 0 Å². The van der Waals surface area contributed by atoms with E-state index < -0.39 is 0 Å². The van der Waals surface area contributed by atoms with Crippen molar-refractivity contribution in [3.05, 3.63) is 125 Å². The van der Waals surface area contributed by atoms with Gasteiger partial charge in [0, 0.05) is 22.3 Å². The minimum atomic E-state index is -0.134. The molecule has 4 aromatic rings. The molecule has 146 valence electrons. The van der Waals surface area contributed by atoms with E-state index in [1.165, 1.54) is 0 Å². The zero-order valence-electron chi connectivity index (χ0n) is 16.0. The maximum absolute atomic E-state index is 12.8. The molecule has 0 heterocycles. The molecule has 4 nitrogen and oxygen atoms in total. The molecule has 0 saturated heterocycles. The Labute approximate surface area is 174 Å². The number of ketones is 2. The number of carbonyl (C=O) groups is 2. The smallest absolute Gasteiger partial charge is 0.193 e. The van der Waals surface area contributed by atoms with Crippen molar-refractivity contribution in [3.8, 4) is 17.2 Å². The van der Waals surface area contributed by atoms with Crippen LogP contribution in [0.25, 0.3) is 0 Å². The zero-order chi connectivity index (χ0) is 20.9. The van der Waals surface area contributed by atoms with Gasteiger partial charge in [0.1, 0.15) is 17.2 Å². The lowest BCUT2D eigenvalue weighted by Gasteiger charge is -2.07. The van der Waals surface area contributed by atoms with Crippen LogP contribution in [-0.2, 0) is 0 Å². The van der Waals surface area contributed by atoms with E-state index in [4.69, 9.17) is 4.74 Å². The monoisotopic (exact) mass is 394 g/mol. The van der Waals surface area contributed by atoms with Crippen LogP contribution in [0.5, 0.6) is 17.2 Å². The Morgan fingerprint density at radius 3 is 1.33 bits per heavy atom. The van der Waals surface area contributed by atoms with Crippen molar-refractivity contribution in [1.29, 1.82) is 0 Å². The maximum atomic E-state index is 12.8. The van der Waals surface area contributed by atoms with Gasteiger partial charge in [-0.1, -0.05) is 54.6 Å². The minimum absolute atomic E-state index is 0.0784. The molecule has 0 aliphatic carbocycles. The number of phenols is 1. The Bertz CT molecular complexity index is 1160. The normalized spacial score (nSPS) is 10.4. The summed E-state index contributed by atoms with van der Waals surface area (Å²) >= 11 is 0. The van der Waals surface area contributed by atoms with Crippen LogP contribution in [0.4, 0.5) is 0 Å². The summed E-state index contributed by atoms with van der Waals surface area (Å²) < 4.78 is 5.70. The average molecular weight is 394 g/mol. The molecule has 0 saturated carbocycles. The average Bonchev–Trinajstić information content (AvgIpc) is 2.81. The van der Waals surface area contributed by atoms with E-state index in [1.807, 2.05) is 18.2 Å². The van der Waals surface area contributed by atoms with Gasteiger partial charge < -0.3 is 9.84 Å². The fraction of sp³-hybridized carbons (Fsp3) is 0. The molecular formula is C26H18O4. The lowest BCUT2D eigenvalue weighted by molar-refractivity contribution is 0.102. The minimum Gasteiger partial charge on any atom is -0.508 e. The highest BCUT2D eigenvalue weighted by atomic mass is 16.5. The van der Waals surface area contributed by atoms with Crippen molar-refractivity contribution in [1.82, 2.24) is 0 Å². The van der Waals surface area contributed by atoms with Crippen molar-refractivity contribution in [3.63, 3.8) is 0 Å². The second-order valence-corrected chi connectivity index (χ2v) is 6.72. The van der Waals surface area contributed by atoms with Gasteiger partial charge in [-0.25, -0.2) is 0 Å². The molecule has 0 unspecified atom stereocenters. The second kappa shape index (κ2) is 8.45. The number of aromatic hydroxyl groups is 1. The van der Waals surface area contributed by atoms with Gasteiger partial charge in [0.05, 0.1) is 0 Å². The molecule has 0 aliphatic rings. The van der Waals surface area contributed by atoms with Gasteiger partial charge in [0.25, 0.3) is 0 Å². The Kier molecular flexibility index (Phi) is 5.39. The lowest BCUT2D eigenvalue weighted by atomic mass is 9.98. The summed E-state index contributed by atoms with van der Waals surface area (Å²) in [6.07, 6.45) is 0. The first-order valence-electron chi connectivity index (χ1n) is 9.41. The topological polar surface area (TPSA) is 63.6 Å². The Morgan fingerprint density at radius 2 is 0.867 bits per heavy atom. The van der Waals surface area contributed by atoms with Crippen molar-refractivity contribution >= 4 is 11.6 Å². The molecule has 0 radical (unpaired) electrons. The summed E-state index contributed by atoms with van der Waals surface area (Å²) in [6, 6.07) is 28.9. The van der Waals surface area contributed by atoms with E-state index in [9.17, 15) is 14.7 Å². The highest BCUT2D eigenvalue weighted by molar-refractivity contribution is 6.11. The third-order valence-corrected chi connectivity index (χ3v) is 4.63. The summed E-state index contributed by atoms with van der Waals surface area (Å²) in [5, 5.41) is 9.32. The van der Waals surface area contributed by atoms with E-state index >= 15 is 0 Å². The van der Waals surface area contributed by atoms with Crippen LogP contribution in [0.3, 0.4) is 0 Å². The fourth-order valence-electron chi connectivity index (χ4n) is 3.02. The van der Waals surface area contributed by atoms with Crippen LogP contribution in [0.2, 0.25) is 0 Å². The summed E-state index contributed by atoms with van der Waals surface area (Å²) in [7, 11) is 0. The first kappa shape index (κ1) is 19.2. The molecule has 30 heavy (non-hydrogen) atoms. The first-order valence-corrected chi connectivity index (χ1v) is 9.41. The van der Waals surface area contributed by atoms with E-state index in [2.05, 4.69) is 0 Å². The van der Waals surface area contributed by atoms with E-state index in [-0.39, 0.29) is 17.3 Å². The third kappa shape index (κ3) is 4.28. The fourth-order valence-corrected chi connectivity index (χ4v) is 3.02. The van der Waals surface area contributed by atoms with Gasteiger partial charge >= 0.3 is 0 Å². The number of hydrogen-bond donors (Lipinski definition) is 1. The van der Waals surface area contributed by atoms with Crippen LogP contribution < -0.4 is 4.74 Å². The summed E-state index contributed by atoms with van der Waals surface area (Å²) in [6.45, 7) is 0. The summed E-state index contributed by atoms with van der Waals surface area (Å²) in [4.78, 5) is 25.2. The molecule has 0 aliphatic heterocycles.